The fourth-order valence-electron chi connectivity index (χ4n) is 1.58. The summed E-state index contributed by atoms with van der Waals surface area (Å²) in [4.78, 5) is 20.8. The smallest absolute Gasteiger partial charge is 0.335 e. The third kappa shape index (κ3) is 3.87. The van der Waals surface area contributed by atoms with Crippen molar-refractivity contribution in [2.24, 2.45) is 5.10 Å². The lowest BCUT2D eigenvalue weighted by atomic mass is 10.1. The van der Waals surface area contributed by atoms with Crippen LogP contribution in [0.25, 0.3) is 0 Å². The van der Waals surface area contributed by atoms with Crippen molar-refractivity contribution in [3.8, 4) is 0 Å². The summed E-state index contributed by atoms with van der Waals surface area (Å²) < 4.78 is 0. The maximum Gasteiger partial charge on any atom is 0.335 e. The molecule has 0 heterocycles. The first-order valence-corrected chi connectivity index (χ1v) is 5.93. The van der Waals surface area contributed by atoms with Crippen LogP contribution in [0.1, 0.15) is 15.9 Å². The Bertz CT molecular complexity index is 696. The van der Waals surface area contributed by atoms with Gasteiger partial charge in [-0.2, -0.15) is 5.10 Å². The highest BCUT2D eigenvalue weighted by atomic mass is 16.6. The second-order valence-electron chi connectivity index (χ2n) is 4.10. The summed E-state index contributed by atoms with van der Waals surface area (Å²) in [7, 11) is 0. The highest BCUT2D eigenvalue weighted by molar-refractivity contribution is 5.89. The highest BCUT2D eigenvalue weighted by Gasteiger charge is 2.04. The second kappa shape index (κ2) is 6.29. The van der Waals surface area contributed by atoms with Crippen LogP contribution >= 0.6 is 0 Å². The van der Waals surface area contributed by atoms with Crippen LogP contribution in [-0.4, -0.2) is 22.2 Å². The van der Waals surface area contributed by atoms with Crippen molar-refractivity contribution in [1.82, 2.24) is 0 Å². The molecule has 0 saturated carbocycles. The molecule has 0 bridgehead atoms. The van der Waals surface area contributed by atoms with Crippen molar-refractivity contribution < 1.29 is 14.8 Å². The largest absolute Gasteiger partial charge is 0.478 e. The number of hydrogen-bond acceptors (Lipinski definition) is 5. The van der Waals surface area contributed by atoms with Gasteiger partial charge in [-0.15, -0.1) is 0 Å². The zero-order chi connectivity index (χ0) is 15.2. The van der Waals surface area contributed by atoms with E-state index in [4.69, 9.17) is 5.11 Å². The third-order valence-electron chi connectivity index (χ3n) is 2.62. The van der Waals surface area contributed by atoms with Crippen LogP contribution in [-0.2, 0) is 0 Å². The van der Waals surface area contributed by atoms with E-state index in [0.717, 1.165) is 0 Å². The van der Waals surface area contributed by atoms with E-state index >= 15 is 0 Å². The number of anilines is 1. The van der Waals surface area contributed by atoms with E-state index in [9.17, 15) is 14.9 Å². The molecule has 0 atom stereocenters. The van der Waals surface area contributed by atoms with E-state index in [2.05, 4.69) is 10.5 Å². The lowest BCUT2D eigenvalue weighted by molar-refractivity contribution is -0.384. The number of nitro benzene ring substituents is 1. The molecule has 0 amide bonds. The van der Waals surface area contributed by atoms with Crippen molar-refractivity contribution in [2.45, 2.75) is 0 Å². The van der Waals surface area contributed by atoms with E-state index in [1.54, 1.807) is 24.3 Å². The van der Waals surface area contributed by atoms with Gasteiger partial charge in [0.15, 0.2) is 0 Å². The molecule has 2 rings (SSSR count). The highest BCUT2D eigenvalue weighted by Crippen LogP contribution is 2.16. The first kappa shape index (κ1) is 14.2. The van der Waals surface area contributed by atoms with Gasteiger partial charge in [0.25, 0.3) is 5.69 Å². The Labute approximate surface area is 119 Å². The Hall–Kier alpha value is -3.22. The Morgan fingerprint density at radius 3 is 2.57 bits per heavy atom. The summed E-state index contributed by atoms with van der Waals surface area (Å²) >= 11 is 0. The Morgan fingerprint density at radius 1 is 1.24 bits per heavy atom. The van der Waals surface area contributed by atoms with E-state index in [-0.39, 0.29) is 11.3 Å². The van der Waals surface area contributed by atoms with E-state index in [1.807, 2.05) is 0 Å². The molecule has 0 aliphatic rings. The molecule has 0 aromatic heterocycles. The zero-order valence-corrected chi connectivity index (χ0v) is 10.8. The molecule has 0 unspecified atom stereocenters. The molecule has 0 fully saturated rings. The maximum atomic E-state index is 10.7. The Kier molecular flexibility index (Phi) is 4.25. The van der Waals surface area contributed by atoms with Gasteiger partial charge < -0.3 is 5.11 Å². The van der Waals surface area contributed by atoms with Crippen molar-refractivity contribution >= 4 is 23.6 Å². The number of non-ortho nitro benzene ring substituents is 1. The molecule has 0 spiro atoms. The van der Waals surface area contributed by atoms with Crippen LogP contribution in [0.2, 0.25) is 0 Å². The molecule has 2 aromatic carbocycles. The predicted octanol–water partition coefficient (Wildman–Crippen LogP) is 2.74. The Morgan fingerprint density at radius 2 is 1.95 bits per heavy atom. The first-order chi connectivity index (χ1) is 10.1. The average Bonchev–Trinajstić information content (AvgIpc) is 2.48. The molecule has 7 nitrogen and oxygen atoms in total. The van der Waals surface area contributed by atoms with Gasteiger partial charge in [0.05, 0.1) is 22.4 Å². The van der Waals surface area contributed by atoms with Crippen LogP contribution in [0.15, 0.2) is 53.6 Å². The second-order valence-corrected chi connectivity index (χ2v) is 4.10. The fraction of sp³-hybridized carbons (Fsp3) is 0. The molecule has 106 valence electrons. The summed E-state index contributed by atoms with van der Waals surface area (Å²) in [6.45, 7) is 0. The standard InChI is InChI=1S/C14H11N3O4/c18-14(19)11-6-4-10(5-7-11)9-15-16-12-2-1-3-13(8-12)17(20)21/h1-9,16H,(H,18,19)/b15-9-. The molecule has 0 radical (unpaired) electrons. The summed E-state index contributed by atoms with van der Waals surface area (Å²) in [5.41, 5.74) is 4.04. The van der Waals surface area contributed by atoms with Gasteiger partial charge >= 0.3 is 5.97 Å². The molecule has 0 aliphatic carbocycles. The van der Waals surface area contributed by atoms with Gasteiger partial charge in [0.2, 0.25) is 0 Å². The van der Waals surface area contributed by atoms with Crippen LogP contribution in [0, 0.1) is 10.1 Å². The summed E-state index contributed by atoms with van der Waals surface area (Å²) in [5, 5.41) is 23.3. The number of hydrogen-bond donors (Lipinski definition) is 2. The van der Waals surface area contributed by atoms with Crippen molar-refractivity contribution in [3.63, 3.8) is 0 Å². The molecule has 2 N–H and O–H groups in total. The van der Waals surface area contributed by atoms with Crippen molar-refractivity contribution in [1.29, 1.82) is 0 Å². The minimum absolute atomic E-state index is 0.0268. The number of aromatic carboxylic acids is 1. The van der Waals surface area contributed by atoms with Crippen LogP contribution < -0.4 is 5.43 Å². The molecule has 7 heteroatoms. The topological polar surface area (TPSA) is 105 Å². The SMILES string of the molecule is O=C(O)c1ccc(/C=N\Nc2cccc([N+](=O)[O-])c2)cc1. The number of carboxylic acid groups (broad SMARTS) is 1. The number of nitro groups is 1. The number of nitrogens with one attached hydrogen (secondary N) is 1. The number of rotatable bonds is 5. The first-order valence-electron chi connectivity index (χ1n) is 5.93. The minimum atomic E-state index is -0.992. The van der Waals surface area contributed by atoms with Gasteiger partial charge in [-0.05, 0) is 23.8 Å². The zero-order valence-electron chi connectivity index (χ0n) is 10.8. The summed E-state index contributed by atoms with van der Waals surface area (Å²) in [6.07, 6.45) is 1.49. The number of nitrogens with zero attached hydrogens (tertiary/aromatic N) is 2. The Balaban J connectivity index is 2.03. The third-order valence-corrected chi connectivity index (χ3v) is 2.62. The predicted molar refractivity (Wildman–Crippen MR) is 77.7 cm³/mol. The maximum absolute atomic E-state index is 10.7. The van der Waals surface area contributed by atoms with Gasteiger partial charge in [-0.1, -0.05) is 18.2 Å². The van der Waals surface area contributed by atoms with Crippen molar-refractivity contribution in [3.05, 3.63) is 69.8 Å². The monoisotopic (exact) mass is 285 g/mol. The quantitative estimate of drug-likeness (QED) is 0.499. The van der Waals surface area contributed by atoms with Crippen LogP contribution in [0.5, 0.6) is 0 Å². The lowest BCUT2D eigenvalue weighted by Gasteiger charge is -2.00. The minimum Gasteiger partial charge on any atom is -0.478 e. The number of carbonyl (C=O) groups is 1. The van der Waals surface area contributed by atoms with E-state index in [1.165, 1.54) is 30.5 Å². The van der Waals surface area contributed by atoms with Crippen LogP contribution in [0.3, 0.4) is 0 Å². The average molecular weight is 285 g/mol. The molecule has 21 heavy (non-hydrogen) atoms. The van der Waals surface area contributed by atoms with Crippen LogP contribution in [0.4, 0.5) is 11.4 Å². The lowest BCUT2D eigenvalue weighted by Crippen LogP contribution is -1.96. The van der Waals surface area contributed by atoms with Gasteiger partial charge in [0.1, 0.15) is 0 Å². The van der Waals surface area contributed by atoms with Crippen molar-refractivity contribution in [2.75, 3.05) is 5.43 Å². The van der Waals surface area contributed by atoms with Gasteiger partial charge in [-0.3, -0.25) is 15.5 Å². The molecular formula is C14H11N3O4. The fourth-order valence-corrected chi connectivity index (χ4v) is 1.58. The van der Waals surface area contributed by atoms with Gasteiger partial charge in [-0.25, -0.2) is 4.79 Å². The molecule has 2 aromatic rings. The number of hydrazone groups is 1. The van der Waals surface area contributed by atoms with E-state index in [0.29, 0.717) is 11.3 Å². The summed E-state index contributed by atoms with van der Waals surface area (Å²) in [6, 6.07) is 12.1. The summed E-state index contributed by atoms with van der Waals surface area (Å²) in [5.74, 6) is -0.992. The number of carboxylic acids is 1. The van der Waals surface area contributed by atoms with Gasteiger partial charge in [0, 0.05) is 12.1 Å². The molecule has 0 saturated heterocycles. The van der Waals surface area contributed by atoms with E-state index < -0.39 is 10.9 Å². The molecule has 0 aliphatic heterocycles. The molecular weight excluding hydrogens is 274 g/mol. The number of benzene rings is 2. The normalized spacial score (nSPS) is 10.5.